The highest BCUT2D eigenvalue weighted by molar-refractivity contribution is 7.10. The van der Waals surface area contributed by atoms with E-state index in [4.69, 9.17) is 11.6 Å². The smallest absolute Gasteiger partial charge is 0.0709 e. The second-order valence-electron chi connectivity index (χ2n) is 3.29. The summed E-state index contributed by atoms with van der Waals surface area (Å²) in [5.74, 6) is 1.59. The Morgan fingerprint density at radius 1 is 1.73 bits per heavy atom. The predicted octanol–water partition coefficient (Wildman–Crippen LogP) is 3.68. The lowest BCUT2D eigenvalue weighted by atomic mass is 10.2. The van der Waals surface area contributed by atoms with Crippen LogP contribution in [0.4, 0.5) is 0 Å². The fourth-order valence-electron chi connectivity index (χ4n) is 1.42. The highest BCUT2D eigenvalue weighted by atomic mass is 35.5. The molecule has 0 aromatic carbocycles. The van der Waals surface area contributed by atoms with Crippen molar-refractivity contribution >= 4 is 22.9 Å². The molecule has 0 radical (unpaired) electrons. The molecule has 1 saturated carbocycles. The summed E-state index contributed by atoms with van der Waals surface area (Å²) in [4.78, 5) is 1.33. The third-order valence-corrected chi connectivity index (χ3v) is 4.01. The minimum atomic E-state index is 0.282. The van der Waals surface area contributed by atoms with E-state index in [0.29, 0.717) is 0 Å². The monoisotopic (exact) mass is 186 g/mol. The molecule has 0 amide bonds. The first-order chi connectivity index (χ1) is 5.29. The van der Waals surface area contributed by atoms with Crippen LogP contribution in [0.15, 0.2) is 17.5 Å². The number of halogens is 1. The van der Waals surface area contributed by atoms with Crippen molar-refractivity contribution in [3.05, 3.63) is 22.4 Å². The van der Waals surface area contributed by atoms with Gasteiger partial charge in [-0.05, 0) is 29.7 Å². The lowest BCUT2D eigenvalue weighted by molar-refractivity contribution is 0.731. The molecule has 1 fully saturated rings. The fraction of sp³-hybridized carbons (Fsp3) is 0.556. The number of hydrogen-bond acceptors (Lipinski definition) is 1. The van der Waals surface area contributed by atoms with Crippen LogP contribution in [0.2, 0.25) is 0 Å². The van der Waals surface area contributed by atoms with Gasteiger partial charge in [0, 0.05) is 4.88 Å². The Morgan fingerprint density at radius 2 is 2.45 bits per heavy atom. The molecule has 1 aromatic rings. The Kier molecular flexibility index (Phi) is 1.94. The Bertz CT molecular complexity index is 230. The Hall–Kier alpha value is -0.0100. The largest absolute Gasteiger partial charge is 0.147 e. The van der Waals surface area contributed by atoms with Gasteiger partial charge in [0.05, 0.1) is 5.38 Å². The Balaban J connectivity index is 2.06. The SMILES string of the molecule is CC1CC1C(Cl)c1cccs1. The van der Waals surface area contributed by atoms with Crippen molar-refractivity contribution < 1.29 is 0 Å². The molecule has 1 heterocycles. The van der Waals surface area contributed by atoms with Crippen molar-refractivity contribution in [1.82, 2.24) is 0 Å². The summed E-state index contributed by atoms with van der Waals surface area (Å²) < 4.78 is 0. The van der Waals surface area contributed by atoms with Gasteiger partial charge in [-0.3, -0.25) is 0 Å². The molecule has 3 unspecified atom stereocenters. The van der Waals surface area contributed by atoms with Gasteiger partial charge >= 0.3 is 0 Å². The van der Waals surface area contributed by atoms with Crippen molar-refractivity contribution in [3.8, 4) is 0 Å². The van der Waals surface area contributed by atoms with Crippen LogP contribution in [0.3, 0.4) is 0 Å². The molecule has 1 aromatic heterocycles. The topological polar surface area (TPSA) is 0 Å². The molecular weight excluding hydrogens is 176 g/mol. The van der Waals surface area contributed by atoms with Gasteiger partial charge in [-0.25, -0.2) is 0 Å². The van der Waals surface area contributed by atoms with E-state index in [9.17, 15) is 0 Å². The van der Waals surface area contributed by atoms with Gasteiger partial charge in [0.2, 0.25) is 0 Å². The van der Waals surface area contributed by atoms with E-state index in [1.54, 1.807) is 11.3 Å². The summed E-state index contributed by atoms with van der Waals surface area (Å²) in [6, 6.07) is 4.20. The van der Waals surface area contributed by atoms with Gasteiger partial charge in [0.25, 0.3) is 0 Å². The zero-order valence-corrected chi connectivity index (χ0v) is 8.03. The standard InChI is InChI=1S/C9H11ClS/c1-6-5-7(6)9(10)8-3-2-4-11-8/h2-4,6-7,9H,5H2,1H3. The highest BCUT2D eigenvalue weighted by Crippen LogP contribution is 2.50. The second-order valence-corrected chi connectivity index (χ2v) is 4.74. The maximum atomic E-state index is 6.25. The molecule has 0 bridgehead atoms. The first-order valence-electron chi connectivity index (χ1n) is 3.96. The lowest BCUT2D eigenvalue weighted by Gasteiger charge is -2.03. The Morgan fingerprint density at radius 3 is 2.91 bits per heavy atom. The molecule has 0 nitrogen and oxygen atoms in total. The van der Waals surface area contributed by atoms with E-state index in [1.165, 1.54) is 11.3 Å². The van der Waals surface area contributed by atoms with Crippen molar-refractivity contribution in [2.75, 3.05) is 0 Å². The van der Waals surface area contributed by atoms with E-state index in [2.05, 4.69) is 24.4 Å². The van der Waals surface area contributed by atoms with Crippen LogP contribution in [0.1, 0.15) is 23.6 Å². The molecule has 11 heavy (non-hydrogen) atoms. The molecule has 3 atom stereocenters. The molecule has 60 valence electrons. The highest BCUT2D eigenvalue weighted by Gasteiger charge is 2.39. The van der Waals surface area contributed by atoms with Gasteiger partial charge in [-0.2, -0.15) is 0 Å². The molecule has 2 rings (SSSR count). The van der Waals surface area contributed by atoms with Crippen molar-refractivity contribution in [1.29, 1.82) is 0 Å². The Labute approximate surface area is 76.2 Å². The molecule has 2 heteroatoms. The molecule has 1 aliphatic rings. The number of alkyl halides is 1. The van der Waals surface area contributed by atoms with Crippen LogP contribution in [-0.4, -0.2) is 0 Å². The van der Waals surface area contributed by atoms with Crippen LogP contribution < -0.4 is 0 Å². The zero-order valence-electron chi connectivity index (χ0n) is 6.46. The van der Waals surface area contributed by atoms with Gasteiger partial charge in [0.15, 0.2) is 0 Å². The second kappa shape index (κ2) is 2.80. The van der Waals surface area contributed by atoms with Crippen LogP contribution in [-0.2, 0) is 0 Å². The lowest BCUT2D eigenvalue weighted by Crippen LogP contribution is -1.89. The van der Waals surface area contributed by atoms with Gasteiger partial charge in [0.1, 0.15) is 0 Å². The van der Waals surface area contributed by atoms with Gasteiger partial charge in [-0.15, -0.1) is 22.9 Å². The zero-order chi connectivity index (χ0) is 7.84. The summed E-state index contributed by atoms with van der Waals surface area (Å²) in [6.07, 6.45) is 1.31. The third-order valence-electron chi connectivity index (χ3n) is 2.36. The fourth-order valence-corrected chi connectivity index (χ4v) is 2.77. The van der Waals surface area contributed by atoms with Crippen molar-refractivity contribution in [3.63, 3.8) is 0 Å². The van der Waals surface area contributed by atoms with E-state index in [-0.39, 0.29) is 5.38 Å². The maximum Gasteiger partial charge on any atom is 0.0709 e. The number of thiophene rings is 1. The summed E-state index contributed by atoms with van der Waals surface area (Å²) in [6.45, 7) is 2.27. The predicted molar refractivity (Wildman–Crippen MR) is 50.2 cm³/mol. The van der Waals surface area contributed by atoms with Crippen molar-refractivity contribution in [2.45, 2.75) is 18.7 Å². The summed E-state index contributed by atoms with van der Waals surface area (Å²) in [7, 11) is 0. The normalized spacial score (nSPS) is 31.8. The molecule has 0 spiro atoms. The number of hydrogen-bond donors (Lipinski definition) is 0. The number of rotatable bonds is 2. The average Bonchev–Trinajstić information content (AvgIpc) is 2.56. The average molecular weight is 187 g/mol. The molecule has 0 saturated heterocycles. The van der Waals surface area contributed by atoms with Crippen LogP contribution in [0.5, 0.6) is 0 Å². The van der Waals surface area contributed by atoms with E-state index in [0.717, 1.165) is 11.8 Å². The maximum absolute atomic E-state index is 6.25. The molecular formula is C9H11ClS. The molecule has 0 N–H and O–H groups in total. The van der Waals surface area contributed by atoms with Gasteiger partial charge < -0.3 is 0 Å². The summed E-state index contributed by atoms with van der Waals surface area (Å²) in [5.41, 5.74) is 0. The minimum absolute atomic E-state index is 0.282. The third kappa shape index (κ3) is 1.45. The summed E-state index contributed by atoms with van der Waals surface area (Å²) in [5, 5.41) is 2.38. The van der Waals surface area contributed by atoms with Crippen LogP contribution in [0, 0.1) is 11.8 Å². The van der Waals surface area contributed by atoms with E-state index < -0.39 is 0 Å². The van der Waals surface area contributed by atoms with Crippen molar-refractivity contribution in [2.24, 2.45) is 11.8 Å². The summed E-state index contributed by atoms with van der Waals surface area (Å²) >= 11 is 8.02. The minimum Gasteiger partial charge on any atom is -0.147 e. The van der Waals surface area contributed by atoms with Gasteiger partial charge in [-0.1, -0.05) is 13.0 Å². The molecule has 0 aliphatic heterocycles. The molecule has 1 aliphatic carbocycles. The first kappa shape index (κ1) is 7.63. The van der Waals surface area contributed by atoms with E-state index >= 15 is 0 Å². The van der Waals surface area contributed by atoms with Crippen LogP contribution >= 0.6 is 22.9 Å². The quantitative estimate of drug-likeness (QED) is 0.619. The van der Waals surface area contributed by atoms with Crippen LogP contribution in [0.25, 0.3) is 0 Å². The van der Waals surface area contributed by atoms with E-state index in [1.807, 2.05) is 0 Å². The first-order valence-corrected chi connectivity index (χ1v) is 5.28.